The highest BCUT2D eigenvalue weighted by atomic mass is 16.3. The molecule has 3 rings (SSSR count). The predicted molar refractivity (Wildman–Crippen MR) is 90.2 cm³/mol. The molecular weight excluding hydrogens is 288 g/mol. The Morgan fingerprint density at radius 1 is 1.09 bits per heavy atom. The maximum absolute atomic E-state index is 12.3. The van der Waals surface area contributed by atoms with Gasteiger partial charge in [0.05, 0.1) is 6.54 Å². The van der Waals surface area contributed by atoms with Gasteiger partial charge in [-0.15, -0.1) is 0 Å². The summed E-state index contributed by atoms with van der Waals surface area (Å²) < 4.78 is 5.61. The van der Waals surface area contributed by atoms with Gasteiger partial charge in [0.1, 0.15) is 11.5 Å². The molecule has 23 heavy (non-hydrogen) atoms. The first-order valence-corrected chi connectivity index (χ1v) is 8.24. The summed E-state index contributed by atoms with van der Waals surface area (Å²) in [4.78, 5) is 16.5. The number of aryl methyl sites for hydroxylation is 1. The van der Waals surface area contributed by atoms with Crippen molar-refractivity contribution in [1.29, 1.82) is 0 Å². The average molecular weight is 312 g/mol. The van der Waals surface area contributed by atoms with E-state index >= 15 is 0 Å². The van der Waals surface area contributed by atoms with Crippen molar-refractivity contribution in [2.24, 2.45) is 0 Å². The molecule has 2 heterocycles. The van der Waals surface area contributed by atoms with Crippen molar-refractivity contribution in [2.45, 2.75) is 32.9 Å². The molecule has 2 aromatic rings. The summed E-state index contributed by atoms with van der Waals surface area (Å²) in [5, 5.41) is 0. The molecule has 0 atom stereocenters. The van der Waals surface area contributed by atoms with Crippen LogP contribution in [0.15, 0.2) is 40.8 Å². The Morgan fingerprint density at radius 2 is 1.78 bits per heavy atom. The van der Waals surface area contributed by atoms with Gasteiger partial charge in [0.15, 0.2) is 0 Å². The molecule has 1 saturated heterocycles. The lowest BCUT2D eigenvalue weighted by atomic mass is 10.1. The summed E-state index contributed by atoms with van der Waals surface area (Å²) in [5.74, 6) is 2.08. The Kier molecular flexibility index (Phi) is 4.82. The standard InChI is InChI=1S/C19H24N2O2/c1-15-5-10-18(23-15)14-20(2)13-16-6-8-17(9-7-16)19(22)21-11-3-4-12-21/h5-10H,3-4,11-14H2,1-2H3. The van der Waals surface area contributed by atoms with E-state index < -0.39 is 0 Å². The second-order valence-corrected chi connectivity index (χ2v) is 6.38. The third-order valence-corrected chi connectivity index (χ3v) is 4.27. The average Bonchev–Trinajstić information content (AvgIpc) is 3.19. The van der Waals surface area contributed by atoms with Gasteiger partial charge in [-0.25, -0.2) is 0 Å². The Bertz CT molecular complexity index is 654. The van der Waals surface area contributed by atoms with E-state index in [1.54, 1.807) is 0 Å². The smallest absolute Gasteiger partial charge is 0.253 e. The lowest BCUT2D eigenvalue weighted by molar-refractivity contribution is 0.0793. The van der Waals surface area contributed by atoms with Crippen molar-refractivity contribution < 1.29 is 9.21 Å². The summed E-state index contributed by atoms with van der Waals surface area (Å²) >= 11 is 0. The minimum absolute atomic E-state index is 0.161. The number of benzene rings is 1. The van der Waals surface area contributed by atoms with Gasteiger partial charge in [-0.3, -0.25) is 9.69 Å². The van der Waals surface area contributed by atoms with Crippen molar-refractivity contribution in [3.05, 3.63) is 59.0 Å². The largest absolute Gasteiger partial charge is 0.465 e. The Morgan fingerprint density at radius 3 is 2.39 bits per heavy atom. The van der Waals surface area contributed by atoms with E-state index in [2.05, 4.69) is 11.9 Å². The molecule has 0 spiro atoms. The quantitative estimate of drug-likeness (QED) is 0.848. The van der Waals surface area contributed by atoms with E-state index in [4.69, 9.17) is 4.42 Å². The topological polar surface area (TPSA) is 36.7 Å². The number of carbonyl (C=O) groups excluding carboxylic acids is 1. The van der Waals surface area contributed by atoms with Crippen LogP contribution >= 0.6 is 0 Å². The van der Waals surface area contributed by atoms with Gasteiger partial charge in [0.25, 0.3) is 5.91 Å². The fourth-order valence-electron chi connectivity index (χ4n) is 3.06. The first-order valence-electron chi connectivity index (χ1n) is 8.24. The number of furan rings is 1. The molecule has 0 unspecified atom stereocenters. The molecule has 1 aromatic heterocycles. The van der Waals surface area contributed by atoms with Gasteiger partial charge in [0.2, 0.25) is 0 Å². The first-order chi connectivity index (χ1) is 11.1. The number of rotatable bonds is 5. The molecular formula is C19H24N2O2. The molecule has 1 amide bonds. The number of carbonyl (C=O) groups is 1. The summed E-state index contributed by atoms with van der Waals surface area (Å²) in [6.45, 7) is 5.36. The van der Waals surface area contributed by atoms with Crippen LogP contribution < -0.4 is 0 Å². The second kappa shape index (κ2) is 7.01. The zero-order valence-electron chi connectivity index (χ0n) is 13.9. The van der Waals surface area contributed by atoms with Crippen LogP contribution in [0.25, 0.3) is 0 Å². The molecule has 122 valence electrons. The molecule has 1 aromatic carbocycles. The van der Waals surface area contributed by atoms with Crippen LogP contribution in [-0.4, -0.2) is 35.8 Å². The van der Waals surface area contributed by atoms with Gasteiger partial charge < -0.3 is 9.32 Å². The number of hydrogen-bond donors (Lipinski definition) is 0. The minimum atomic E-state index is 0.161. The van der Waals surface area contributed by atoms with E-state index in [0.29, 0.717) is 0 Å². The van der Waals surface area contributed by atoms with E-state index in [9.17, 15) is 4.79 Å². The maximum atomic E-state index is 12.3. The van der Waals surface area contributed by atoms with E-state index in [1.165, 1.54) is 5.56 Å². The van der Waals surface area contributed by atoms with Crippen molar-refractivity contribution in [2.75, 3.05) is 20.1 Å². The fourth-order valence-corrected chi connectivity index (χ4v) is 3.06. The third kappa shape index (κ3) is 4.02. The Balaban J connectivity index is 1.57. The van der Waals surface area contributed by atoms with Crippen molar-refractivity contribution in [3.63, 3.8) is 0 Å². The van der Waals surface area contributed by atoms with Crippen LogP contribution in [0.5, 0.6) is 0 Å². The van der Waals surface area contributed by atoms with Crippen LogP contribution in [0.1, 0.15) is 40.3 Å². The van der Waals surface area contributed by atoms with Crippen LogP contribution in [-0.2, 0) is 13.1 Å². The summed E-state index contributed by atoms with van der Waals surface area (Å²) in [6, 6.07) is 12.0. The highest BCUT2D eigenvalue weighted by molar-refractivity contribution is 5.94. The van der Waals surface area contributed by atoms with Crippen LogP contribution in [0.4, 0.5) is 0 Å². The molecule has 0 aliphatic carbocycles. The predicted octanol–water partition coefficient (Wildman–Crippen LogP) is 3.46. The molecule has 1 aliphatic heterocycles. The highest BCUT2D eigenvalue weighted by Crippen LogP contribution is 2.15. The van der Waals surface area contributed by atoms with Gasteiger partial charge >= 0.3 is 0 Å². The molecule has 4 nitrogen and oxygen atoms in total. The van der Waals surface area contributed by atoms with Crippen molar-refractivity contribution in [1.82, 2.24) is 9.80 Å². The fraction of sp³-hybridized carbons (Fsp3) is 0.421. The maximum Gasteiger partial charge on any atom is 0.253 e. The number of likely N-dealkylation sites (tertiary alicyclic amines) is 1. The minimum Gasteiger partial charge on any atom is -0.465 e. The Labute approximate surface area is 137 Å². The van der Waals surface area contributed by atoms with Gasteiger partial charge in [-0.2, -0.15) is 0 Å². The normalized spacial score (nSPS) is 14.7. The summed E-state index contributed by atoms with van der Waals surface area (Å²) in [5.41, 5.74) is 1.99. The number of hydrogen-bond acceptors (Lipinski definition) is 3. The molecule has 0 N–H and O–H groups in total. The third-order valence-electron chi connectivity index (χ3n) is 4.27. The van der Waals surface area contributed by atoms with Crippen LogP contribution in [0.3, 0.4) is 0 Å². The van der Waals surface area contributed by atoms with Crippen LogP contribution in [0, 0.1) is 6.92 Å². The molecule has 1 fully saturated rings. The van der Waals surface area contributed by atoms with E-state index in [0.717, 1.165) is 56.1 Å². The van der Waals surface area contributed by atoms with Crippen molar-refractivity contribution >= 4 is 5.91 Å². The highest BCUT2D eigenvalue weighted by Gasteiger charge is 2.19. The summed E-state index contributed by atoms with van der Waals surface area (Å²) in [7, 11) is 2.07. The molecule has 4 heteroatoms. The van der Waals surface area contributed by atoms with Crippen LogP contribution in [0.2, 0.25) is 0 Å². The van der Waals surface area contributed by atoms with Crippen molar-refractivity contribution in [3.8, 4) is 0 Å². The lowest BCUT2D eigenvalue weighted by Crippen LogP contribution is -2.27. The molecule has 1 aliphatic rings. The number of amides is 1. The van der Waals surface area contributed by atoms with E-state index in [-0.39, 0.29) is 5.91 Å². The van der Waals surface area contributed by atoms with Gasteiger partial charge in [0, 0.05) is 25.2 Å². The lowest BCUT2D eigenvalue weighted by Gasteiger charge is -2.17. The molecule has 0 bridgehead atoms. The zero-order chi connectivity index (χ0) is 16.2. The number of nitrogens with zero attached hydrogens (tertiary/aromatic N) is 2. The summed E-state index contributed by atoms with van der Waals surface area (Å²) in [6.07, 6.45) is 2.25. The monoisotopic (exact) mass is 312 g/mol. The van der Waals surface area contributed by atoms with Gasteiger partial charge in [-0.1, -0.05) is 12.1 Å². The second-order valence-electron chi connectivity index (χ2n) is 6.38. The van der Waals surface area contributed by atoms with E-state index in [1.807, 2.05) is 48.2 Å². The molecule has 0 saturated carbocycles. The van der Waals surface area contributed by atoms with Gasteiger partial charge in [-0.05, 0) is 56.6 Å². The first kappa shape index (κ1) is 15.8. The Hall–Kier alpha value is -2.07. The SMILES string of the molecule is Cc1ccc(CN(C)Cc2ccc(C(=O)N3CCCC3)cc2)o1. The molecule has 0 radical (unpaired) electrons. The zero-order valence-corrected chi connectivity index (χ0v) is 13.9.